The average molecular weight is 559 g/mol. The van der Waals surface area contributed by atoms with Crippen LogP contribution in [0.15, 0.2) is 83.5 Å². The summed E-state index contributed by atoms with van der Waals surface area (Å²) in [7, 11) is -2.37. The molecule has 0 N–H and O–H groups in total. The highest BCUT2D eigenvalue weighted by molar-refractivity contribution is 7.89. The molecule has 3 heterocycles. The van der Waals surface area contributed by atoms with Crippen molar-refractivity contribution in [3.8, 4) is 11.4 Å². The van der Waals surface area contributed by atoms with Gasteiger partial charge in [0.15, 0.2) is 5.78 Å². The third-order valence-electron chi connectivity index (χ3n) is 7.79. The Bertz CT molecular complexity index is 1750. The number of nitrogens with zero attached hydrogens (tertiary/aromatic N) is 4. The van der Waals surface area contributed by atoms with Crippen LogP contribution in [-0.2, 0) is 16.4 Å². The van der Waals surface area contributed by atoms with Crippen molar-refractivity contribution in [3.63, 3.8) is 0 Å². The summed E-state index contributed by atoms with van der Waals surface area (Å²) in [5.41, 5.74) is 2.96. The fourth-order valence-corrected chi connectivity index (χ4v) is 7.30. The molecule has 204 valence electrons. The lowest BCUT2D eigenvalue weighted by molar-refractivity contribution is 0.0770. The summed E-state index contributed by atoms with van der Waals surface area (Å²) in [6, 6.07) is 16.0. The molecule has 2 aliphatic rings. The number of ketones is 1. The van der Waals surface area contributed by atoms with Crippen LogP contribution in [0.2, 0.25) is 0 Å². The molecule has 6 rings (SSSR count). The number of benzene rings is 2. The summed E-state index contributed by atoms with van der Waals surface area (Å²) >= 11 is 0. The van der Waals surface area contributed by atoms with E-state index in [1.54, 1.807) is 66.5 Å². The molecule has 0 radical (unpaired) electrons. The molecule has 0 unspecified atom stereocenters. The van der Waals surface area contributed by atoms with Crippen molar-refractivity contribution in [2.45, 2.75) is 24.7 Å². The van der Waals surface area contributed by atoms with E-state index in [0.29, 0.717) is 23.4 Å². The third kappa shape index (κ3) is 4.24. The van der Waals surface area contributed by atoms with Gasteiger partial charge in [0.25, 0.3) is 0 Å². The second kappa shape index (κ2) is 9.79. The van der Waals surface area contributed by atoms with Crippen LogP contribution in [0.4, 0.5) is 4.39 Å². The summed E-state index contributed by atoms with van der Waals surface area (Å²) in [4.78, 5) is 18.7. The molecule has 0 saturated carbocycles. The molecule has 1 saturated heterocycles. The summed E-state index contributed by atoms with van der Waals surface area (Å²) < 4.78 is 49.7. The molecule has 0 spiro atoms. The number of rotatable bonds is 6. The van der Waals surface area contributed by atoms with Gasteiger partial charge in [0.05, 0.1) is 35.0 Å². The fraction of sp³-hybridized carbons (Fsp3) is 0.233. The first-order valence-electron chi connectivity index (χ1n) is 12.9. The number of Topliss-reactive ketones (excluding diaryl/α,β-unsaturated/α-hetero) is 1. The maximum absolute atomic E-state index is 14.2. The van der Waals surface area contributed by atoms with Crippen LogP contribution in [0.1, 0.15) is 33.7 Å². The Hall–Kier alpha value is -4.15. The minimum absolute atomic E-state index is 0.0250. The first-order valence-corrected chi connectivity index (χ1v) is 14.3. The SMILES string of the molecule is COc1ccc(S(=O)(=O)N2CCC3=Cc4c(cnn4-c4ccc(F)cc4)C[C@@]3(C(=O)c3ccccn3)C2)cc1C. The first kappa shape index (κ1) is 26.1. The van der Waals surface area contributed by atoms with Gasteiger partial charge in [0, 0.05) is 19.3 Å². The van der Waals surface area contributed by atoms with E-state index < -0.39 is 15.4 Å². The highest BCUT2D eigenvalue weighted by Crippen LogP contribution is 2.47. The quantitative estimate of drug-likeness (QED) is 0.321. The number of piperidine rings is 1. The maximum Gasteiger partial charge on any atom is 0.243 e. The number of sulfonamides is 1. The van der Waals surface area contributed by atoms with E-state index in [1.807, 2.05) is 6.08 Å². The van der Waals surface area contributed by atoms with Crippen molar-refractivity contribution < 1.29 is 22.3 Å². The van der Waals surface area contributed by atoms with Crippen molar-refractivity contribution in [3.05, 3.63) is 107 Å². The Morgan fingerprint density at radius 3 is 2.60 bits per heavy atom. The minimum Gasteiger partial charge on any atom is -0.496 e. The van der Waals surface area contributed by atoms with Crippen molar-refractivity contribution in [1.29, 1.82) is 0 Å². The smallest absolute Gasteiger partial charge is 0.243 e. The summed E-state index contributed by atoms with van der Waals surface area (Å²) in [6.45, 7) is 1.99. The zero-order valence-corrected chi connectivity index (χ0v) is 22.9. The normalized spacial score (nSPS) is 18.9. The molecule has 8 nitrogen and oxygen atoms in total. The molecule has 1 atom stereocenters. The zero-order chi connectivity index (χ0) is 28.1. The molecule has 1 aliphatic carbocycles. The van der Waals surface area contributed by atoms with Crippen molar-refractivity contribution in [1.82, 2.24) is 19.1 Å². The lowest BCUT2D eigenvalue weighted by atomic mass is 9.65. The molecule has 10 heteroatoms. The Labute approximate surface area is 231 Å². The standard InChI is InChI=1S/C30H27FN4O4S/c1-20-15-25(10-11-28(20)39-2)40(37,38)34-14-12-22-16-27-21(18-33-35(27)24-8-6-23(31)7-9-24)17-30(22,19-34)29(36)26-5-3-4-13-32-26/h3-11,13,15-16,18H,12,14,17,19H2,1-2H3/t30-/m1/s1. The molecule has 4 aromatic rings. The topological polar surface area (TPSA) is 94.4 Å². The van der Waals surface area contributed by atoms with Crippen molar-refractivity contribution in [2.24, 2.45) is 5.41 Å². The number of aryl methyl sites for hydroxylation is 1. The predicted molar refractivity (Wildman–Crippen MR) is 147 cm³/mol. The number of carbonyl (C=O) groups is 1. The summed E-state index contributed by atoms with van der Waals surface area (Å²) in [6.07, 6.45) is 5.82. The lowest BCUT2D eigenvalue weighted by Gasteiger charge is -2.44. The third-order valence-corrected chi connectivity index (χ3v) is 9.63. The van der Waals surface area contributed by atoms with Gasteiger partial charge in [-0.1, -0.05) is 11.6 Å². The number of ether oxygens (including phenoxy) is 1. The highest BCUT2D eigenvalue weighted by Gasteiger charge is 2.51. The van der Waals surface area contributed by atoms with Gasteiger partial charge >= 0.3 is 0 Å². The van der Waals surface area contributed by atoms with E-state index in [2.05, 4.69) is 10.1 Å². The molecular weight excluding hydrogens is 531 g/mol. The van der Waals surface area contributed by atoms with Gasteiger partial charge in [-0.25, -0.2) is 17.5 Å². The molecule has 1 aliphatic heterocycles. The number of hydrogen-bond acceptors (Lipinski definition) is 6. The minimum atomic E-state index is -3.91. The zero-order valence-electron chi connectivity index (χ0n) is 22.0. The van der Waals surface area contributed by atoms with Gasteiger partial charge in [-0.15, -0.1) is 0 Å². The Balaban J connectivity index is 1.44. The van der Waals surface area contributed by atoms with Crippen LogP contribution in [-0.4, -0.2) is 53.5 Å². The van der Waals surface area contributed by atoms with E-state index >= 15 is 0 Å². The molecule has 2 aromatic carbocycles. The number of hydrogen-bond donors (Lipinski definition) is 0. The molecule has 1 fully saturated rings. The van der Waals surface area contributed by atoms with Crippen LogP contribution < -0.4 is 4.74 Å². The predicted octanol–water partition coefficient (Wildman–Crippen LogP) is 4.63. The molecule has 2 aromatic heterocycles. The molecular formula is C30H27FN4O4S. The van der Waals surface area contributed by atoms with Gasteiger partial charge < -0.3 is 4.74 Å². The Morgan fingerprint density at radius 2 is 1.90 bits per heavy atom. The lowest BCUT2D eigenvalue weighted by Crippen LogP contribution is -2.53. The largest absolute Gasteiger partial charge is 0.496 e. The number of fused-ring (bicyclic) bond motifs is 2. The number of halogens is 1. The number of pyridine rings is 1. The summed E-state index contributed by atoms with van der Waals surface area (Å²) in [5, 5.41) is 4.54. The van der Waals surface area contributed by atoms with Gasteiger partial charge in [-0.2, -0.15) is 9.40 Å². The van der Waals surface area contributed by atoms with Crippen LogP contribution in [0.3, 0.4) is 0 Å². The van der Waals surface area contributed by atoms with E-state index in [1.165, 1.54) is 29.6 Å². The Morgan fingerprint density at radius 1 is 1.10 bits per heavy atom. The van der Waals surface area contributed by atoms with Gasteiger partial charge in [0.1, 0.15) is 17.3 Å². The van der Waals surface area contributed by atoms with Gasteiger partial charge in [-0.05, 0) is 91.6 Å². The fourth-order valence-electron chi connectivity index (χ4n) is 5.71. The first-order chi connectivity index (χ1) is 19.2. The number of methoxy groups -OCH3 is 1. The second-order valence-electron chi connectivity index (χ2n) is 10.1. The van der Waals surface area contributed by atoms with Crippen LogP contribution in [0, 0.1) is 18.2 Å². The Kier molecular flexibility index (Phi) is 6.39. The van der Waals surface area contributed by atoms with E-state index in [-0.39, 0.29) is 41.7 Å². The second-order valence-corrected chi connectivity index (χ2v) is 12.1. The summed E-state index contributed by atoms with van der Waals surface area (Å²) in [5.74, 6) is 0.0247. The van der Waals surface area contributed by atoms with E-state index in [0.717, 1.165) is 16.8 Å². The van der Waals surface area contributed by atoms with E-state index in [9.17, 15) is 17.6 Å². The van der Waals surface area contributed by atoms with E-state index in [4.69, 9.17) is 4.74 Å². The molecule has 0 amide bonds. The monoisotopic (exact) mass is 558 g/mol. The van der Waals surface area contributed by atoms with Crippen LogP contribution in [0.5, 0.6) is 5.75 Å². The molecule has 0 bridgehead atoms. The van der Waals surface area contributed by atoms with Gasteiger partial charge in [0.2, 0.25) is 10.0 Å². The van der Waals surface area contributed by atoms with Crippen molar-refractivity contribution in [2.75, 3.05) is 20.2 Å². The van der Waals surface area contributed by atoms with Crippen LogP contribution >= 0.6 is 0 Å². The average Bonchev–Trinajstić information content (AvgIpc) is 3.38. The van der Waals surface area contributed by atoms with Gasteiger partial charge in [-0.3, -0.25) is 9.78 Å². The maximum atomic E-state index is 14.2. The highest BCUT2D eigenvalue weighted by atomic mass is 32.2. The number of carbonyl (C=O) groups excluding carboxylic acids is 1. The van der Waals surface area contributed by atoms with Crippen LogP contribution in [0.25, 0.3) is 11.8 Å². The van der Waals surface area contributed by atoms with Crippen molar-refractivity contribution >= 4 is 21.9 Å². The number of aromatic nitrogens is 3. The molecule has 40 heavy (non-hydrogen) atoms.